The summed E-state index contributed by atoms with van der Waals surface area (Å²) in [5.41, 5.74) is 0. The summed E-state index contributed by atoms with van der Waals surface area (Å²) >= 11 is 0. The highest BCUT2D eigenvalue weighted by Gasteiger charge is 2.20. The lowest BCUT2D eigenvalue weighted by Gasteiger charge is -2.20. The molecule has 6 nitrogen and oxygen atoms in total. The molecule has 0 amide bonds. The van der Waals surface area contributed by atoms with Crippen molar-refractivity contribution >= 4 is 32.3 Å². The molecule has 0 bridgehead atoms. The van der Waals surface area contributed by atoms with Crippen LogP contribution in [0, 0.1) is 0 Å². The molecule has 0 fully saturated rings. The maximum atomic E-state index is 6.39. The quantitative estimate of drug-likeness (QED) is 0.0635. The normalized spacial score (nSPS) is 11.3. The van der Waals surface area contributed by atoms with Gasteiger partial charge in [-0.15, -0.1) is 0 Å². The van der Waals surface area contributed by atoms with E-state index in [-0.39, 0.29) is 0 Å². The van der Waals surface area contributed by atoms with Gasteiger partial charge in [-0.05, 0) is 101 Å². The predicted molar refractivity (Wildman–Crippen MR) is 192 cm³/mol. The van der Waals surface area contributed by atoms with Crippen molar-refractivity contribution in [2.75, 3.05) is 40.1 Å². The van der Waals surface area contributed by atoms with Gasteiger partial charge >= 0.3 is 0 Å². The van der Waals surface area contributed by atoms with Crippen LogP contribution in [0.3, 0.4) is 0 Å². The average molecular weight is 633 g/mol. The SMILES string of the molecule is CCCCCOc1cc2c(cc1OC)c1cc(OCCCC)c(OCCCC)cc1c1cc(OCCCC)c(OCCCC)cc21. The minimum atomic E-state index is 0.643. The predicted octanol–water partition coefficient (Wildman–Crippen LogP) is 11.4. The van der Waals surface area contributed by atoms with Gasteiger partial charge in [0.05, 0.1) is 40.1 Å². The first-order valence-corrected chi connectivity index (χ1v) is 17.8. The van der Waals surface area contributed by atoms with Crippen LogP contribution in [0.15, 0.2) is 36.4 Å². The van der Waals surface area contributed by atoms with E-state index in [2.05, 4.69) is 71.0 Å². The van der Waals surface area contributed by atoms with Crippen LogP contribution >= 0.6 is 0 Å². The number of benzene rings is 4. The van der Waals surface area contributed by atoms with Gasteiger partial charge in [0.25, 0.3) is 0 Å². The fourth-order valence-corrected chi connectivity index (χ4v) is 5.58. The third-order valence-corrected chi connectivity index (χ3v) is 8.37. The lowest BCUT2D eigenvalue weighted by Crippen LogP contribution is -2.04. The second kappa shape index (κ2) is 18.6. The van der Waals surface area contributed by atoms with Gasteiger partial charge in [-0.1, -0.05) is 73.1 Å². The molecule has 0 heterocycles. The summed E-state index contributed by atoms with van der Waals surface area (Å²) in [5.74, 6) is 4.58. The molecule has 0 spiro atoms. The van der Waals surface area contributed by atoms with E-state index < -0.39 is 0 Å². The Balaban J connectivity index is 2.02. The van der Waals surface area contributed by atoms with Gasteiger partial charge in [-0.25, -0.2) is 0 Å². The number of unbranched alkanes of at least 4 members (excludes halogenated alkanes) is 6. The molecule has 0 aliphatic rings. The first kappa shape index (κ1) is 35.3. The molecule has 0 saturated carbocycles. The van der Waals surface area contributed by atoms with E-state index in [1.807, 2.05) is 0 Å². The first-order chi connectivity index (χ1) is 22.6. The van der Waals surface area contributed by atoms with Crippen molar-refractivity contribution < 1.29 is 28.4 Å². The van der Waals surface area contributed by atoms with Crippen molar-refractivity contribution in [1.82, 2.24) is 0 Å². The summed E-state index contributed by atoms with van der Waals surface area (Å²) in [4.78, 5) is 0. The number of hydrogen-bond donors (Lipinski definition) is 0. The molecule has 0 atom stereocenters. The second-order valence-corrected chi connectivity index (χ2v) is 12.1. The molecular weight excluding hydrogens is 576 g/mol. The number of hydrogen-bond acceptors (Lipinski definition) is 6. The molecule has 46 heavy (non-hydrogen) atoms. The van der Waals surface area contributed by atoms with Crippen molar-refractivity contribution in [3.63, 3.8) is 0 Å². The molecule has 0 aromatic heterocycles. The molecule has 4 aromatic rings. The number of ether oxygens (including phenoxy) is 6. The standard InChI is InChI=1S/C40H56O6/c1-7-12-17-22-46-36-24-30-29(23-35(36)41-6)31-25-37(42-18-13-8-2)39(44-20-15-10-4)27-33(31)34-28-40(45-21-16-11-5)38(26-32(30)34)43-19-14-9-3/h23-28H,7-22H2,1-6H3. The molecular formula is C40H56O6. The maximum absolute atomic E-state index is 6.39. The minimum Gasteiger partial charge on any atom is -0.493 e. The number of rotatable bonds is 22. The maximum Gasteiger partial charge on any atom is 0.161 e. The van der Waals surface area contributed by atoms with Crippen LogP contribution in [0.1, 0.15) is 105 Å². The van der Waals surface area contributed by atoms with E-state index >= 15 is 0 Å². The van der Waals surface area contributed by atoms with Crippen molar-refractivity contribution in [3.05, 3.63) is 36.4 Å². The Morgan fingerprint density at radius 2 is 0.565 bits per heavy atom. The van der Waals surface area contributed by atoms with Crippen LogP contribution in [0.5, 0.6) is 34.5 Å². The van der Waals surface area contributed by atoms with Crippen molar-refractivity contribution in [1.29, 1.82) is 0 Å². The second-order valence-electron chi connectivity index (χ2n) is 12.1. The van der Waals surface area contributed by atoms with Gasteiger partial charge in [0.2, 0.25) is 0 Å². The summed E-state index contributed by atoms with van der Waals surface area (Å²) in [6, 6.07) is 12.9. The Kier molecular flexibility index (Phi) is 14.3. The van der Waals surface area contributed by atoms with E-state index in [0.29, 0.717) is 33.0 Å². The Labute approximate surface area is 276 Å². The number of methoxy groups -OCH3 is 1. The average Bonchev–Trinajstić information content (AvgIpc) is 3.07. The van der Waals surface area contributed by atoms with E-state index in [1.54, 1.807) is 7.11 Å². The molecule has 4 rings (SSSR count). The summed E-state index contributed by atoms with van der Waals surface area (Å²) in [6.45, 7) is 14.1. The highest BCUT2D eigenvalue weighted by atomic mass is 16.5. The number of fused-ring (bicyclic) bond motifs is 6. The van der Waals surface area contributed by atoms with Crippen molar-refractivity contribution in [2.45, 2.75) is 105 Å². The lowest BCUT2D eigenvalue weighted by molar-refractivity contribution is 0.262. The van der Waals surface area contributed by atoms with E-state index in [1.165, 1.54) is 0 Å². The first-order valence-electron chi connectivity index (χ1n) is 17.8. The van der Waals surface area contributed by atoms with E-state index in [4.69, 9.17) is 28.4 Å². The Morgan fingerprint density at radius 3 is 0.826 bits per heavy atom. The Bertz CT molecular complexity index is 1530. The largest absolute Gasteiger partial charge is 0.493 e. The fourth-order valence-electron chi connectivity index (χ4n) is 5.58. The monoisotopic (exact) mass is 632 g/mol. The zero-order valence-electron chi connectivity index (χ0n) is 29.2. The van der Waals surface area contributed by atoms with E-state index in [0.717, 1.165) is 137 Å². The fraction of sp³-hybridized carbons (Fsp3) is 0.550. The molecule has 6 heteroatoms. The van der Waals surface area contributed by atoms with Gasteiger partial charge in [0.1, 0.15) is 0 Å². The molecule has 0 N–H and O–H groups in total. The van der Waals surface area contributed by atoms with Crippen LogP contribution in [0.4, 0.5) is 0 Å². The van der Waals surface area contributed by atoms with Crippen molar-refractivity contribution in [3.8, 4) is 34.5 Å². The van der Waals surface area contributed by atoms with Gasteiger partial charge < -0.3 is 28.4 Å². The van der Waals surface area contributed by atoms with Crippen LogP contribution in [0.2, 0.25) is 0 Å². The van der Waals surface area contributed by atoms with Gasteiger partial charge in [0.15, 0.2) is 34.5 Å². The molecule has 252 valence electrons. The third-order valence-electron chi connectivity index (χ3n) is 8.37. The highest BCUT2D eigenvalue weighted by Crippen LogP contribution is 2.47. The van der Waals surface area contributed by atoms with Crippen LogP contribution < -0.4 is 28.4 Å². The Hall–Kier alpha value is -3.54. The molecule has 0 radical (unpaired) electrons. The summed E-state index contributed by atoms with van der Waals surface area (Å²) in [7, 11) is 1.71. The van der Waals surface area contributed by atoms with Crippen molar-refractivity contribution in [2.24, 2.45) is 0 Å². The molecule has 0 saturated heterocycles. The molecule has 0 unspecified atom stereocenters. The lowest BCUT2D eigenvalue weighted by atomic mass is 9.93. The van der Waals surface area contributed by atoms with E-state index in [9.17, 15) is 0 Å². The van der Waals surface area contributed by atoms with Crippen LogP contribution in [-0.2, 0) is 0 Å². The van der Waals surface area contributed by atoms with Gasteiger partial charge in [-0.2, -0.15) is 0 Å². The summed E-state index contributed by atoms with van der Waals surface area (Å²) in [6.07, 6.45) is 11.5. The summed E-state index contributed by atoms with van der Waals surface area (Å²) in [5, 5.41) is 6.47. The zero-order valence-corrected chi connectivity index (χ0v) is 29.2. The van der Waals surface area contributed by atoms with Crippen LogP contribution in [0.25, 0.3) is 32.3 Å². The molecule has 0 aliphatic heterocycles. The topological polar surface area (TPSA) is 55.4 Å². The van der Waals surface area contributed by atoms with Gasteiger partial charge in [-0.3, -0.25) is 0 Å². The zero-order chi connectivity index (χ0) is 32.7. The molecule has 4 aromatic carbocycles. The molecule has 0 aliphatic carbocycles. The van der Waals surface area contributed by atoms with Gasteiger partial charge in [0, 0.05) is 0 Å². The summed E-state index contributed by atoms with van der Waals surface area (Å²) < 4.78 is 37.8. The highest BCUT2D eigenvalue weighted by molar-refractivity contribution is 6.26. The Morgan fingerprint density at radius 1 is 0.326 bits per heavy atom. The minimum absolute atomic E-state index is 0.643. The van der Waals surface area contributed by atoms with Crippen LogP contribution in [-0.4, -0.2) is 40.1 Å². The third kappa shape index (κ3) is 8.83. The smallest absolute Gasteiger partial charge is 0.161 e.